The Morgan fingerprint density at radius 1 is 0.941 bits per heavy atom. The Labute approximate surface area is 200 Å². The molecular weight excluding hydrogens is 429 g/mol. The van der Waals surface area contributed by atoms with Gasteiger partial charge < -0.3 is 5.73 Å². The molecule has 2 heterocycles. The molecule has 0 spiro atoms. The maximum atomic E-state index is 14.0. The molecule has 0 atom stereocenters. The lowest BCUT2D eigenvalue weighted by molar-refractivity contribution is 0.121. The van der Waals surface area contributed by atoms with Crippen LogP contribution in [-0.4, -0.2) is 45.8 Å². The molecule has 7 heteroatoms. The van der Waals surface area contributed by atoms with Crippen LogP contribution in [0.4, 0.5) is 4.39 Å². The van der Waals surface area contributed by atoms with Gasteiger partial charge in [-0.25, -0.2) is 9.07 Å². The summed E-state index contributed by atoms with van der Waals surface area (Å²) in [6, 6.07) is 17.2. The highest BCUT2D eigenvalue weighted by Gasteiger charge is 2.20. The van der Waals surface area contributed by atoms with Gasteiger partial charge in [0.05, 0.1) is 5.69 Å². The van der Waals surface area contributed by atoms with Crippen LogP contribution in [-0.2, 0) is 26.2 Å². The predicted molar refractivity (Wildman–Crippen MR) is 134 cm³/mol. The van der Waals surface area contributed by atoms with Crippen molar-refractivity contribution in [2.45, 2.75) is 40.0 Å². The Morgan fingerprint density at radius 2 is 1.62 bits per heavy atom. The second-order valence-corrected chi connectivity index (χ2v) is 9.48. The molecule has 0 unspecified atom stereocenters. The molecule has 1 fully saturated rings. The highest BCUT2D eigenvalue weighted by Crippen LogP contribution is 2.21. The molecule has 1 aliphatic heterocycles. The van der Waals surface area contributed by atoms with Gasteiger partial charge in [0, 0.05) is 69.0 Å². The molecule has 0 amide bonds. The first-order chi connectivity index (χ1) is 16.4. The molecule has 2 aromatic carbocycles. The fraction of sp³-hybridized carbons (Fsp3) is 0.407. The van der Waals surface area contributed by atoms with Crippen LogP contribution in [0.25, 0.3) is 11.3 Å². The van der Waals surface area contributed by atoms with Crippen molar-refractivity contribution >= 4 is 0 Å². The smallest absolute Gasteiger partial charge is 0.271 e. The van der Waals surface area contributed by atoms with Crippen molar-refractivity contribution in [2.24, 2.45) is 11.7 Å². The molecule has 0 aliphatic carbocycles. The van der Waals surface area contributed by atoms with Crippen molar-refractivity contribution in [1.82, 2.24) is 19.6 Å². The van der Waals surface area contributed by atoms with Gasteiger partial charge in [-0.15, -0.1) is 0 Å². The SMILES string of the molecule is CC(C)Cn1nc(-c2ccc(F)c(CN)c2)cc(CN2CCN(Cc3ccccc3)CC2)c1=O. The number of benzene rings is 2. The first kappa shape index (κ1) is 24.3. The zero-order valence-corrected chi connectivity index (χ0v) is 20.1. The minimum Gasteiger partial charge on any atom is -0.326 e. The van der Waals surface area contributed by atoms with E-state index in [0.29, 0.717) is 24.3 Å². The number of aromatic nitrogens is 2. The summed E-state index contributed by atoms with van der Waals surface area (Å²) < 4.78 is 15.6. The monoisotopic (exact) mass is 463 g/mol. The van der Waals surface area contributed by atoms with E-state index in [9.17, 15) is 9.18 Å². The van der Waals surface area contributed by atoms with Gasteiger partial charge in [0.25, 0.3) is 5.56 Å². The molecular formula is C27H34FN5O. The summed E-state index contributed by atoms with van der Waals surface area (Å²) in [5.41, 5.74) is 9.59. The molecule has 0 saturated carbocycles. The van der Waals surface area contributed by atoms with Crippen molar-refractivity contribution < 1.29 is 4.39 Å². The zero-order chi connectivity index (χ0) is 24.1. The fourth-order valence-corrected chi connectivity index (χ4v) is 4.40. The van der Waals surface area contributed by atoms with E-state index in [0.717, 1.165) is 43.9 Å². The Hall–Kier alpha value is -2.87. The lowest BCUT2D eigenvalue weighted by Gasteiger charge is -2.34. The molecule has 180 valence electrons. The zero-order valence-electron chi connectivity index (χ0n) is 20.1. The van der Waals surface area contributed by atoms with Crippen LogP contribution in [0.1, 0.15) is 30.5 Å². The Balaban J connectivity index is 1.53. The van der Waals surface area contributed by atoms with E-state index in [1.165, 1.54) is 11.6 Å². The molecule has 34 heavy (non-hydrogen) atoms. The van der Waals surface area contributed by atoms with E-state index in [-0.39, 0.29) is 23.8 Å². The van der Waals surface area contributed by atoms with Crippen LogP contribution in [0.5, 0.6) is 0 Å². The standard InChI is InChI=1S/C27H34FN5O/c1-20(2)17-33-27(34)24(15-26(30-33)22-8-9-25(28)23(14-22)16-29)19-32-12-10-31(11-13-32)18-21-6-4-3-5-7-21/h3-9,14-15,20H,10-13,16-19,29H2,1-2H3. The van der Waals surface area contributed by atoms with E-state index >= 15 is 0 Å². The summed E-state index contributed by atoms with van der Waals surface area (Å²) in [5, 5.41) is 4.61. The summed E-state index contributed by atoms with van der Waals surface area (Å²) in [4.78, 5) is 18.0. The van der Waals surface area contributed by atoms with Crippen LogP contribution < -0.4 is 11.3 Å². The number of nitrogens with two attached hydrogens (primary N) is 1. The topological polar surface area (TPSA) is 67.4 Å². The minimum atomic E-state index is -0.324. The minimum absolute atomic E-state index is 0.0506. The van der Waals surface area contributed by atoms with Crippen molar-refractivity contribution in [2.75, 3.05) is 26.2 Å². The summed E-state index contributed by atoms with van der Waals surface area (Å²) in [6.07, 6.45) is 0. The Morgan fingerprint density at radius 3 is 2.26 bits per heavy atom. The molecule has 6 nitrogen and oxygen atoms in total. The van der Waals surface area contributed by atoms with Gasteiger partial charge in [-0.2, -0.15) is 5.10 Å². The summed E-state index contributed by atoms with van der Waals surface area (Å²) in [5.74, 6) is -0.0435. The van der Waals surface area contributed by atoms with Crippen molar-refractivity contribution in [3.8, 4) is 11.3 Å². The largest absolute Gasteiger partial charge is 0.326 e. The third kappa shape index (κ3) is 5.97. The fourth-order valence-electron chi connectivity index (χ4n) is 4.40. The number of piperazine rings is 1. The summed E-state index contributed by atoms with van der Waals surface area (Å²) in [6.45, 7) is 10.0. The third-order valence-electron chi connectivity index (χ3n) is 6.26. The molecule has 1 aromatic heterocycles. The molecule has 4 rings (SSSR count). The van der Waals surface area contributed by atoms with Gasteiger partial charge in [0.2, 0.25) is 0 Å². The Bertz CT molecular complexity index is 1150. The highest BCUT2D eigenvalue weighted by molar-refractivity contribution is 5.60. The molecule has 1 saturated heterocycles. The molecule has 1 aliphatic rings. The van der Waals surface area contributed by atoms with Crippen LogP contribution in [0.3, 0.4) is 0 Å². The van der Waals surface area contributed by atoms with Gasteiger partial charge in [0.15, 0.2) is 0 Å². The average Bonchev–Trinajstić information content (AvgIpc) is 2.83. The molecule has 2 N–H and O–H groups in total. The van der Waals surface area contributed by atoms with E-state index in [1.54, 1.807) is 16.8 Å². The lowest BCUT2D eigenvalue weighted by atomic mass is 10.1. The van der Waals surface area contributed by atoms with E-state index in [2.05, 4.69) is 53.0 Å². The average molecular weight is 464 g/mol. The quantitative estimate of drug-likeness (QED) is 0.554. The van der Waals surface area contributed by atoms with Gasteiger partial charge >= 0.3 is 0 Å². The first-order valence-electron chi connectivity index (χ1n) is 12.0. The predicted octanol–water partition coefficient (Wildman–Crippen LogP) is 3.48. The first-order valence-corrected chi connectivity index (χ1v) is 12.0. The van der Waals surface area contributed by atoms with Crippen LogP contribution >= 0.6 is 0 Å². The summed E-state index contributed by atoms with van der Waals surface area (Å²) >= 11 is 0. The van der Waals surface area contributed by atoms with Crippen molar-refractivity contribution in [3.05, 3.63) is 87.5 Å². The Kier molecular flexibility index (Phi) is 7.88. The van der Waals surface area contributed by atoms with E-state index < -0.39 is 0 Å². The van der Waals surface area contributed by atoms with Crippen LogP contribution in [0.15, 0.2) is 59.4 Å². The van der Waals surface area contributed by atoms with Crippen molar-refractivity contribution in [3.63, 3.8) is 0 Å². The molecule has 3 aromatic rings. The second kappa shape index (κ2) is 11.0. The van der Waals surface area contributed by atoms with Gasteiger partial charge in [-0.1, -0.05) is 44.2 Å². The number of halogens is 1. The molecule has 0 bridgehead atoms. The van der Waals surface area contributed by atoms with Crippen LogP contribution in [0, 0.1) is 11.7 Å². The maximum absolute atomic E-state index is 14.0. The lowest BCUT2D eigenvalue weighted by Crippen LogP contribution is -2.46. The van der Waals surface area contributed by atoms with E-state index in [1.807, 2.05) is 12.1 Å². The number of hydrogen-bond donors (Lipinski definition) is 1. The number of rotatable bonds is 8. The number of hydrogen-bond acceptors (Lipinski definition) is 5. The van der Waals surface area contributed by atoms with Crippen molar-refractivity contribution in [1.29, 1.82) is 0 Å². The maximum Gasteiger partial charge on any atom is 0.271 e. The van der Waals surface area contributed by atoms with Gasteiger partial charge in [-0.05, 0) is 35.7 Å². The van der Waals surface area contributed by atoms with Gasteiger partial charge in [-0.3, -0.25) is 14.6 Å². The van der Waals surface area contributed by atoms with Crippen LogP contribution in [0.2, 0.25) is 0 Å². The normalized spacial score (nSPS) is 15.2. The third-order valence-corrected chi connectivity index (χ3v) is 6.26. The summed E-state index contributed by atoms with van der Waals surface area (Å²) in [7, 11) is 0. The van der Waals surface area contributed by atoms with E-state index in [4.69, 9.17) is 5.73 Å². The second-order valence-electron chi connectivity index (χ2n) is 9.48. The van der Waals surface area contributed by atoms with Gasteiger partial charge in [0.1, 0.15) is 5.82 Å². The number of nitrogens with zero attached hydrogens (tertiary/aromatic N) is 4. The highest BCUT2D eigenvalue weighted by atomic mass is 19.1. The molecule has 0 radical (unpaired) electrons.